The summed E-state index contributed by atoms with van der Waals surface area (Å²) in [7, 11) is -3.42. The van der Waals surface area contributed by atoms with Crippen molar-refractivity contribution in [1.29, 1.82) is 0 Å². The Morgan fingerprint density at radius 3 is 2.43 bits per heavy atom. The molecule has 0 atom stereocenters. The minimum atomic E-state index is -3.42. The third-order valence-corrected chi connectivity index (χ3v) is 7.75. The van der Waals surface area contributed by atoms with Gasteiger partial charge < -0.3 is 4.74 Å². The first-order valence-electron chi connectivity index (χ1n) is 9.82. The van der Waals surface area contributed by atoms with E-state index in [0.717, 1.165) is 39.1 Å². The molecule has 0 unspecified atom stereocenters. The molecular formula is C21H27N3O3S. The standard InChI is InChI=1S/C21H27N3O3S/c25-28(26,20-4-2-1-3-5-20)24-12-8-21(9-13-24)17-23(14-15-27-18-21)16-19-6-10-22-11-7-19/h1-7,10-11H,8-9,12-18H2. The number of nitrogens with zero attached hydrogens (tertiary/aromatic N) is 3. The molecule has 2 fully saturated rings. The van der Waals surface area contributed by atoms with Gasteiger partial charge in [0.25, 0.3) is 0 Å². The van der Waals surface area contributed by atoms with Crippen molar-refractivity contribution in [3.63, 3.8) is 0 Å². The first-order chi connectivity index (χ1) is 13.6. The van der Waals surface area contributed by atoms with E-state index in [1.807, 2.05) is 30.6 Å². The van der Waals surface area contributed by atoms with Crippen LogP contribution in [0.15, 0.2) is 59.8 Å². The first kappa shape index (κ1) is 19.5. The van der Waals surface area contributed by atoms with Crippen LogP contribution in [0, 0.1) is 5.41 Å². The number of piperidine rings is 1. The minimum Gasteiger partial charge on any atom is -0.379 e. The van der Waals surface area contributed by atoms with Gasteiger partial charge in [0.05, 0.1) is 18.1 Å². The lowest BCUT2D eigenvalue weighted by atomic mass is 9.79. The van der Waals surface area contributed by atoms with Crippen LogP contribution in [0.4, 0.5) is 0 Å². The van der Waals surface area contributed by atoms with Crippen LogP contribution < -0.4 is 0 Å². The van der Waals surface area contributed by atoms with Crippen molar-refractivity contribution in [2.75, 3.05) is 39.4 Å². The lowest BCUT2D eigenvalue weighted by Crippen LogP contribution is -2.48. The Hall–Kier alpha value is -1.80. The first-order valence-corrected chi connectivity index (χ1v) is 11.3. The quantitative estimate of drug-likeness (QED) is 0.787. The van der Waals surface area contributed by atoms with E-state index in [1.54, 1.807) is 28.6 Å². The van der Waals surface area contributed by atoms with Gasteiger partial charge in [0, 0.05) is 50.5 Å². The molecule has 1 aromatic carbocycles. The van der Waals surface area contributed by atoms with Crippen molar-refractivity contribution in [3.05, 3.63) is 60.4 Å². The Kier molecular flexibility index (Phi) is 5.78. The zero-order valence-corrected chi connectivity index (χ0v) is 16.9. The van der Waals surface area contributed by atoms with Crippen LogP contribution in [0.2, 0.25) is 0 Å². The van der Waals surface area contributed by atoms with Crippen molar-refractivity contribution >= 4 is 10.0 Å². The van der Waals surface area contributed by atoms with Crippen LogP contribution in [0.25, 0.3) is 0 Å². The zero-order valence-electron chi connectivity index (χ0n) is 16.0. The highest BCUT2D eigenvalue weighted by atomic mass is 32.2. The van der Waals surface area contributed by atoms with Crippen LogP contribution >= 0.6 is 0 Å². The molecule has 7 heteroatoms. The molecule has 0 aliphatic carbocycles. The van der Waals surface area contributed by atoms with Crippen molar-refractivity contribution < 1.29 is 13.2 Å². The molecule has 6 nitrogen and oxygen atoms in total. The highest BCUT2D eigenvalue weighted by Crippen LogP contribution is 2.36. The van der Waals surface area contributed by atoms with Gasteiger partial charge in [-0.25, -0.2) is 8.42 Å². The average Bonchev–Trinajstić information content (AvgIpc) is 2.92. The smallest absolute Gasteiger partial charge is 0.243 e. The maximum Gasteiger partial charge on any atom is 0.243 e. The van der Waals surface area contributed by atoms with E-state index in [1.165, 1.54) is 5.56 Å². The molecule has 2 aliphatic heterocycles. The van der Waals surface area contributed by atoms with Gasteiger partial charge in [0.15, 0.2) is 0 Å². The van der Waals surface area contributed by atoms with Crippen LogP contribution in [0.3, 0.4) is 0 Å². The second-order valence-corrected chi connectivity index (χ2v) is 9.77. The van der Waals surface area contributed by atoms with Gasteiger partial charge in [-0.05, 0) is 42.7 Å². The summed E-state index contributed by atoms with van der Waals surface area (Å²) < 4.78 is 33.4. The fraction of sp³-hybridized carbons (Fsp3) is 0.476. The van der Waals surface area contributed by atoms with Crippen LogP contribution in [-0.4, -0.2) is 62.0 Å². The molecule has 1 spiro atoms. The molecule has 3 heterocycles. The number of benzene rings is 1. The topological polar surface area (TPSA) is 62.7 Å². The fourth-order valence-electron chi connectivity index (χ4n) is 4.21. The molecule has 0 amide bonds. The number of sulfonamides is 1. The molecule has 4 rings (SSSR count). The molecule has 2 saturated heterocycles. The van der Waals surface area contributed by atoms with Crippen molar-refractivity contribution in [1.82, 2.24) is 14.2 Å². The van der Waals surface area contributed by atoms with Gasteiger partial charge in [-0.2, -0.15) is 4.31 Å². The molecule has 2 aliphatic rings. The summed E-state index contributed by atoms with van der Waals surface area (Å²) in [6, 6.07) is 12.8. The van der Waals surface area contributed by atoms with Crippen LogP contribution in [-0.2, 0) is 21.3 Å². The summed E-state index contributed by atoms with van der Waals surface area (Å²) in [6.45, 7) is 5.23. The number of hydrogen-bond donors (Lipinski definition) is 0. The molecule has 28 heavy (non-hydrogen) atoms. The summed E-state index contributed by atoms with van der Waals surface area (Å²) in [6.07, 6.45) is 5.30. The third-order valence-electron chi connectivity index (χ3n) is 5.84. The zero-order chi connectivity index (χ0) is 19.5. The van der Waals surface area contributed by atoms with Gasteiger partial charge in [-0.3, -0.25) is 9.88 Å². The Morgan fingerprint density at radius 2 is 1.71 bits per heavy atom. The Bertz CT molecular complexity index is 866. The number of ether oxygens (including phenoxy) is 1. The van der Waals surface area contributed by atoms with Gasteiger partial charge in [0.2, 0.25) is 10.0 Å². The lowest BCUT2D eigenvalue weighted by molar-refractivity contribution is 0.0307. The molecule has 1 aromatic heterocycles. The van der Waals surface area contributed by atoms with Gasteiger partial charge in [-0.15, -0.1) is 0 Å². The maximum atomic E-state index is 12.9. The number of pyridine rings is 1. The summed E-state index contributed by atoms with van der Waals surface area (Å²) in [5, 5.41) is 0. The minimum absolute atomic E-state index is 0.0201. The van der Waals surface area contributed by atoms with Crippen LogP contribution in [0.1, 0.15) is 18.4 Å². The summed E-state index contributed by atoms with van der Waals surface area (Å²) in [4.78, 5) is 6.90. The highest BCUT2D eigenvalue weighted by molar-refractivity contribution is 7.89. The number of hydrogen-bond acceptors (Lipinski definition) is 5. The Labute approximate surface area is 167 Å². The predicted octanol–water partition coefficient (Wildman–Crippen LogP) is 2.38. The van der Waals surface area contributed by atoms with Crippen molar-refractivity contribution in [2.24, 2.45) is 5.41 Å². The molecule has 150 valence electrons. The highest BCUT2D eigenvalue weighted by Gasteiger charge is 2.40. The van der Waals surface area contributed by atoms with Gasteiger partial charge >= 0.3 is 0 Å². The largest absolute Gasteiger partial charge is 0.379 e. The molecule has 0 radical (unpaired) electrons. The second kappa shape index (κ2) is 8.29. The fourth-order valence-corrected chi connectivity index (χ4v) is 5.67. The van der Waals surface area contributed by atoms with Gasteiger partial charge in [-0.1, -0.05) is 18.2 Å². The van der Waals surface area contributed by atoms with E-state index in [4.69, 9.17) is 4.74 Å². The van der Waals surface area contributed by atoms with E-state index in [0.29, 0.717) is 24.6 Å². The Morgan fingerprint density at radius 1 is 1.00 bits per heavy atom. The maximum absolute atomic E-state index is 12.9. The third kappa shape index (κ3) is 4.27. The lowest BCUT2D eigenvalue weighted by Gasteiger charge is -2.42. The number of rotatable bonds is 4. The van der Waals surface area contributed by atoms with E-state index in [-0.39, 0.29) is 5.41 Å². The van der Waals surface area contributed by atoms with E-state index in [2.05, 4.69) is 9.88 Å². The summed E-state index contributed by atoms with van der Waals surface area (Å²) >= 11 is 0. The SMILES string of the molecule is O=S(=O)(c1ccccc1)N1CCC2(CC1)COCCN(Cc1ccncc1)C2. The Balaban J connectivity index is 1.43. The predicted molar refractivity (Wildman–Crippen MR) is 107 cm³/mol. The molecule has 0 saturated carbocycles. The second-order valence-electron chi connectivity index (χ2n) is 7.84. The van der Waals surface area contributed by atoms with E-state index < -0.39 is 10.0 Å². The van der Waals surface area contributed by atoms with E-state index >= 15 is 0 Å². The number of aromatic nitrogens is 1. The molecular weight excluding hydrogens is 374 g/mol. The molecule has 2 aromatic rings. The average molecular weight is 402 g/mol. The van der Waals surface area contributed by atoms with Crippen LogP contribution in [0.5, 0.6) is 0 Å². The summed E-state index contributed by atoms with van der Waals surface area (Å²) in [5.74, 6) is 0. The molecule has 0 bridgehead atoms. The van der Waals surface area contributed by atoms with Crippen molar-refractivity contribution in [2.45, 2.75) is 24.3 Å². The normalized spacial score (nSPS) is 21.4. The monoisotopic (exact) mass is 401 g/mol. The van der Waals surface area contributed by atoms with E-state index in [9.17, 15) is 8.42 Å². The summed E-state index contributed by atoms with van der Waals surface area (Å²) in [5.41, 5.74) is 1.27. The molecule has 0 N–H and O–H groups in total. The van der Waals surface area contributed by atoms with Crippen molar-refractivity contribution in [3.8, 4) is 0 Å². The van der Waals surface area contributed by atoms with Gasteiger partial charge in [0.1, 0.15) is 0 Å².